The molecule has 3 aliphatic heterocycles. The van der Waals surface area contributed by atoms with E-state index in [0.29, 0.717) is 18.3 Å². The molecule has 3 heterocycles. The first-order valence-corrected chi connectivity index (χ1v) is 5.31. The minimum atomic E-state index is 0.392. The summed E-state index contributed by atoms with van der Waals surface area (Å²) in [5.74, 6) is 0. The second kappa shape index (κ2) is 5.07. The highest BCUT2D eigenvalue weighted by molar-refractivity contribution is 4.71. The molecule has 0 N–H and O–H groups in total. The van der Waals surface area contributed by atoms with Gasteiger partial charge in [0.05, 0.1) is 39.1 Å². The Balaban J connectivity index is 0.000000128. The van der Waals surface area contributed by atoms with E-state index in [0.717, 1.165) is 33.0 Å². The Kier molecular flexibility index (Phi) is 3.75. The Bertz CT molecular complexity index is 150. The molecular weight excluding hydrogens is 184 g/mol. The van der Waals surface area contributed by atoms with Crippen LogP contribution in [0.5, 0.6) is 0 Å². The fourth-order valence-corrected chi connectivity index (χ4v) is 0.963. The van der Waals surface area contributed by atoms with Crippen LogP contribution in [0, 0.1) is 0 Å². The molecule has 3 aliphatic rings. The van der Waals surface area contributed by atoms with Crippen molar-refractivity contribution in [1.82, 2.24) is 0 Å². The number of ether oxygens (including phenoxy) is 4. The summed E-state index contributed by atoms with van der Waals surface area (Å²) in [7, 11) is 0. The molecule has 3 atom stereocenters. The van der Waals surface area contributed by atoms with Crippen molar-refractivity contribution in [3.8, 4) is 0 Å². The number of rotatable bonds is 5. The van der Waals surface area contributed by atoms with E-state index in [9.17, 15) is 0 Å². The zero-order valence-corrected chi connectivity index (χ0v) is 8.61. The highest BCUT2D eigenvalue weighted by Crippen LogP contribution is 2.12. The van der Waals surface area contributed by atoms with Gasteiger partial charge in [0, 0.05) is 0 Å². The van der Waals surface area contributed by atoms with Gasteiger partial charge in [-0.15, -0.1) is 0 Å². The third-order valence-corrected chi connectivity index (χ3v) is 2.27. The Morgan fingerprint density at radius 2 is 1.36 bits per heavy atom. The van der Waals surface area contributed by atoms with Crippen LogP contribution in [0.15, 0.2) is 0 Å². The molecule has 3 saturated heterocycles. The Labute approximate surface area is 84.5 Å². The molecule has 0 aromatic heterocycles. The quantitative estimate of drug-likeness (QED) is 0.612. The molecule has 0 saturated carbocycles. The van der Waals surface area contributed by atoms with Crippen LogP contribution >= 0.6 is 0 Å². The average Bonchev–Trinajstić information content (AvgIpc) is 2.96. The van der Waals surface area contributed by atoms with Crippen LogP contribution < -0.4 is 0 Å². The van der Waals surface area contributed by atoms with Gasteiger partial charge in [-0.25, -0.2) is 0 Å². The van der Waals surface area contributed by atoms with Gasteiger partial charge in [-0.3, -0.25) is 0 Å². The van der Waals surface area contributed by atoms with E-state index in [-0.39, 0.29) is 0 Å². The van der Waals surface area contributed by atoms with Crippen molar-refractivity contribution < 1.29 is 18.9 Å². The molecule has 3 unspecified atom stereocenters. The highest BCUT2D eigenvalue weighted by atomic mass is 16.6. The zero-order chi connectivity index (χ0) is 9.80. The molecule has 3 rings (SSSR count). The van der Waals surface area contributed by atoms with Crippen LogP contribution in [-0.2, 0) is 18.9 Å². The second-order valence-electron chi connectivity index (χ2n) is 3.81. The monoisotopic (exact) mass is 202 g/mol. The van der Waals surface area contributed by atoms with E-state index < -0.39 is 0 Å². The van der Waals surface area contributed by atoms with Crippen LogP contribution in [0.1, 0.15) is 13.3 Å². The van der Waals surface area contributed by atoms with Crippen molar-refractivity contribution in [1.29, 1.82) is 0 Å². The smallest absolute Gasteiger partial charge is 0.104 e. The first-order chi connectivity index (χ1) is 6.88. The predicted molar refractivity (Wildman–Crippen MR) is 50.3 cm³/mol. The normalized spacial score (nSPS) is 37.1. The summed E-state index contributed by atoms with van der Waals surface area (Å²) in [5, 5.41) is 0. The van der Waals surface area contributed by atoms with Gasteiger partial charge in [-0.1, -0.05) is 6.92 Å². The van der Waals surface area contributed by atoms with Crippen LogP contribution in [0.25, 0.3) is 0 Å². The minimum Gasteiger partial charge on any atom is -0.376 e. The lowest BCUT2D eigenvalue weighted by Crippen LogP contribution is -2.06. The third kappa shape index (κ3) is 4.91. The van der Waals surface area contributed by atoms with Gasteiger partial charge in [-0.2, -0.15) is 0 Å². The summed E-state index contributed by atoms with van der Waals surface area (Å²) in [6.45, 7) is 6.41. The van der Waals surface area contributed by atoms with Crippen molar-refractivity contribution in [3.63, 3.8) is 0 Å². The van der Waals surface area contributed by atoms with E-state index in [2.05, 4.69) is 6.92 Å². The zero-order valence-electron chi connectivity index (χ0n) is 8.61. The molecule has 0 aromatic rings. The van der Waals surface area contributed by atoms with Crippen LogP contribution in [0.4, 0.5) is 0 Å². The third-order valence-electron chi connectivity index (χ3n) is 2.27. The number of hydrogen-bond acceptors (Lipinski definition) is 4. The molecule has 0 radical (unpaired) electrons. The van der Waals surface area contributed by atoms with E-state index in [1.54, 1.807) is 0 Å². The summed E-state index contributed by atoms with van der Waals surface area (Å²) >= 11 is 0. The summed E-state index contributed by atoms with van der Waals surface area (Å²) in [5.41, 5.74) is 0. The molecule has 0 amide bonds. The first kappa shape index (κ1) is 10.4. The molecule has 0 spiro atoms. The van der Waals surface area contributed by atoms with Crippen molar-refractivity contribution in [2.24, 2.45) is 0 Å². The van der Waals surface area contributed by atoms with E-state index in [1.807, 2.05) is 0 Å². The van der Waals surface area contributed by atoms with Gasteiger partial charge in [0.2, 0.25) is 0 Å². The van der Waals surface area contributed by atoms with Gasteiger partial charge < -0.3 is 18.9 Å². The summed E-state index contributed by atoms with van der Waals surface area (Å²) < 4.78 is 20.0. The first-order valence-electron chi connectivity index (χ1n) is 5.31. The van der Waals surface area contributed by atoms with Gasteiger partial charge in [-0.05, 0) is 6.42 Å². The fraction of sp³-hybridized carbons (Fsp3) is 1.00. The largest absolute Gasteiger partial charge is 0.376 e. The molecular formula is C10H18O4. The average molecular weight is 202 g/mol. The molecule has 0 aromatic carbocycles. The summed E-state index contributed by atoms with van der Waals surface area (Å²) in [6, 6.07) is 0. The van der Waals surface area contributed by atoms with E-state index in [4.69, 9.17) is 18.9 Å². The predicted octanol–water partition coefficient (Wildman–Crippen LogP) is 0.596. The van der Waals surface area contributed by atoms with Crippen molar-refractivity contribution in [2.45, 2.75) is 31.7 Å². The van der Waals surface area contributed by atoms with Gasteiger partial charge in [0.25, 0.3) is 0 Å². The molecule has 0 aliphatic carbocycles. The number of hydrogen-bond donors (Lipinski definition) is 0. The highest BCUT2D eigenvalue weighted by Gasteiger charge is 2.26. The van der Waals surface area contributed by atoms with E-state index >= 15 is 0 Å². The van der Waals surface area contributed by atoms with Crippen molar-refractivity contribution in [2.75, 3.05) is 33.0 Å². The van der Waals surface area contributed by atoms with Crippen LogP contribution in [0.3, 0.4) is 0 Å². The van der Waals surface area contributed by atoms with Crippen LogP contribution in [-0.4, -0.2) is 51.3 Å². The summed E-state index contributed by atoms with van der Waals surface area (Å²) in [4.78, 5) is 0. The molecule has 82 valence electrons. The topological polar surface area (TPSA) is 46.8 Å². The summed E-state index contributed by atoms with van der Waals surface area (Å²) in [6.07, 6.45) is 2.61. The SMILES string of the molecule is C(OCC1CO1)C1CO1.CCC1CO1. The number of epoxide rings is 3. The maximum Gasteiger partial charge on any atom is 0.104 e. The molecule has 3 fully saturated rings. The second-order valence-corrected chi connectivity index (χ2v) is 3.81. The van der Waals surface area contributed by atoms with Crippen LogP contribution in [0.2, 0.25) is 0 Å². The van der Waals surface area contributed by atoms with Gasteiger partial charge in [0.15, 0.2) is 0 Å². The van der Waals surface area contributed by atoms with Crippen molar-refractivity contribution >= 4 is 0 Å². The van der Waals surface area contributed by atoms with Crippen molar-refractivity contribution in [3.05, 3.63) is 0 Å². The van der Waals surface area contributed by atoms with Gasteiger partial charge >= 0.3 is 0 Å². The van der Waals surface area contributed by atoms with E-state index in [1.165, 1.54) is 6.42 Å². The molecule has 4 heteroatoms. The standard InChI is InChI=1S/C6H10O3.C4H8O/c1(5-3-8-5)7-2-6-4-9-6;1-2-4-3-5-4/h5-6H,1-4H2;4H,2-3H2,1H3. The molecule has 14 heavy (non-hydrogen) atoms. The Morgan fingerprint density at radius 3 is 1.57 bits per heavy atom. The maximum absolute atomic E-state index is 5.23. The Morgan fingerprint density at radius 1 is 0.929 bits per heavy atom. The fourth-order valence-electron chi connectivity index (χ4n) is 0.963. The lowest BCUT2D eigenvalue weighted by Gasteiger charge is -1.95. The van der Waals surface area contributed by atoms with Gasteiger partial charge in [0.1, 0.15) is 12.2 Å². The lowest BCUT2D eigenvalue weighted by molar-refractivity contribution is 0.102. The minimum absolute atomic E-state index is 0.392. The molecule has 4 nitrogen and oxygen atoms in total. The lowest BCUT2D eigenvalue weighted by atomic mass is 10.4. The molecule has 0 bridgehead atoms. The maximum atomic E-state index is 5.23. The Hall–Kier alpha value is -0.160.